The first kappa shape index (κ1) is 62.1. The number of amides is 9. The number of nitrogens with two attached hydrogens (primary N) is 1. The topological polar surface area (TPSA) is 450 Å². The number of aromatic nitrogens is 2. The highest BCUT2D eigenvalue weighted by atomic mass is 16.4. The number of benzene rings is 3. The van der Waals surface area contributed by atoms with E-state index in [0.29, 0.717) is 22.2 Å². The molecule has 28 heteroatoms. The number of primary amides is 1. The molecule has 0 spiro atoms. The first-order chi connectivity index (χ1) is 38.2. The number of carboxylic acid groups (broad SMARTS) is 2. The van der Waals surface area contributed by atoms with E-state index in [4.69, 9.17) is 15.3 Å². The lowest BCUT2D eigenvalue weighted by Crippen LogP contribution is -2.61. The average Bonchev–Trinajstić information content (AvgIpc) is 3.92. The monoisotopic (exact) mass is 1130 g/mol. The molecule has 0 fully saturated rings. The highest BCUT2D eigenvalue weighted by molar-refractivity contribution is 6.09. The predicted molar refractivity (Wildman–Crippen MR) is 286 cm³/mol. The van der Waals surface area contributed by atoms with Crippen molar-refractivity contribution in [1.29, 1.82) is 0 Å². The van der Waals surface area contributed by atoms with E-state index in [-0.39, 0.29) is 77.9 Å². The molecule has 8 atom stereocenters. The summed E-state index contributed by atoms with van der Waals surface area (Å²) in [5, 5.41) is 59.8. The molecule has 0 saturated heterocycles. The molecule has 28 nitrogen and oxygen atoms in total. The standard InChI is InChI=1S/C53H63N11O17/c1-24(58-47(73)25(2)60-52(78)44(27(4)65)64-51(77)39(19-30-22-55-23-57-30)63-50(76)38(61-28(5)66)15-16-42(69)70)46(72)59-26(3)48(74)62-37(45(54)71)8-6-7-17-56-49(75)29-9-12-33(53(79)80)36(18-29)43-34-13-10-31(67)20-40(34)81-41-21-32(68)11-14-35(41)43/h9-14,18,20-27,37-39,44,65,67H,6-8,15-17,19H2,1-5H3,(H2,54,71)(H,55,57)(H,56,75)(H,58,73)(H,59,72)(H,60,78)(H,61,66)(H,62,74)(H,63,76)(H,64,77)(H,69,70)(H,79,80)/t24-,25-,26-,27+,37-,38-,39-,44-/m0/s1. The number of aromatic hydroxyl groups is 1. The third-order valence-electron chi connectivity index (χ3n) is 12.6. The highest BCUT2D eigenvalue weighted by Gasteiger charge is 2.34. The Balaban J connectivity index is 1.11. The van der Waals surface area contributed by atoms with Crippen LogP contribution in [0.5, 0.6) is 5.75 Å². The molecule has 1 aliphatic heterocycles. The molecule has 9 amide bonds. The van der Waals surface area contributed by atoms with Gasteiger partial charge in [-0.1, -0.05) is 0 Å². The Labute approximate surface area is 461 Å². The summed E-state index contributed by atoms with van der Waals surface area (Å²) in [6.07, 6.45) is 0.554. The Kier molecular flexibility index (Phi) is 21.7. The number of rotatable bonds is 28. The number of aromatic amines is 1. The van der Waals surface area contributed by atoms with Gasteiger partial charge in [0.05, 0.1) is 18.0 Å². The van der Waals surface area contributed by atoms with Crippen LogP contribution in [-0.2, 0) is 49.6 Å². The van der Waals surface area contributed by atoms with Crippen molar-refractivity contribution in [3.05, 3.63) is 94.2 Å². The number of aromatic carboxylic acids is 1. The van der Waals surface area contributed by atoms with Crippen LogP contribution < -0.4 is 53.7 Å². The van der Waals surface area contributed by atoms with Gasteiger partial charge >= 0.3 is 11.9 Å². The summed E-state index contributed by atoms with van der Waals surface area (Å²) in [5.41, 5.74) is 6.49. The number of aliphatic hydroxyl groups excluding tert-OH is 1. The third kappa shape index (κ3) is 17.4. The summed E-state index contributed by atoms with van der Waals surface area (Å²) in [7, 11) is 0. The molecular weight excluding hydrogens is 1060 g/mol. The Morgan fingerprint density at radius 2 is 1.31 bits per heavy atom. The highest BCUT2D eigenvalue weighted by Crippen LogP contribution is 2.42. The number of H-pyrrole nitrogens is 1. The van der Waals surface area contributed by atoms with Crippen molar-refractivity contribution in [1.82, 2.24) is 52.5 Å². The number of phenolic OH excluding ortho intramolecular Hbond substituents is 1. The smallest absolute Gasteiger partial charge is 0.336 e. The van der Waals surface area contributed by atoms with Crippen LogP contribution >= 0.6 is 0 Å². The Morgan fingerprint density at radius 3 is 1.90 bits per heavy atom. The van der Waals surface area contributed by atoms with Crippen molar-refractivity contribution >= 4 is 76.1 Å². The number of carbonyl (C=O) groups excluding carboxylic acids is 9. The zero-order chi connectivity index (χ0) is 59.8. The lowest BCUT2D eigenvalue weighted by molar-refractivity contribution is -0.138. The molecule has 81 heavy (non-hydrogen) atoms. The summed E-state index contributed by atoms with van der Waals surface area (Å²) in [5.74, 6) is -10.3. The summed E-state index contributed by atoms with van der Waals surface area (Å²) >= 11 is 0. The fraction of sp³-hybridized carbons (Fsp3) is 0.377. The number of phenols is 1. The maximum atomic E-state index is 13.6. The SMILES string of the molecule is CC(=O)N[C@@H](CCC(=O)O)C(=O)N[C@@H](Cc1cnc[nH]1)C(=O)N[C@H](C(=O)N[C@@H](C)C(=O)N[C@@H](C)C(=O)N[C@@H](C)C(=O)N[C@@H](CCCCNC(=O)c1ccc(C(=O)O)c(-c2c3ccc(=O)cc-3oc3cc(O)ccc23)c1)C(N)=O)[C@@H](C)O. The molecular formula is C53H63N11O17. The molecule has 2 aromatic carbocycles. The van der Waals surface area contributed by atoms with Crippen molar-refractivity contribution < 1.29 is 77.6 Å². The summed E-state index contributed by atoms with van der Waals surface area (Å²) in [6.45, 7) is 6.15. The predicted octanol–water partition coefficient (Wildman–Crippen LogP) is -0.961. The lowest BCUT2D eigenvalue weighted by atomic mass is 9.89. The first-order valence-corrected chi connectivity index (χ1v) is 25.4. The number of nitrogens with one attached hydrogen (secondary N) is 9. The van der Waals surface area contributed by atoms with E-state index in [1.54, 1.807) is 0 Å². The average molecular weight is 1130 g/mol. The van der Waals surface area contributed by atoms with Crippen LogP contribution in [0.25, 0.3) is 33.4 Å². The van der Waals surface area contributed by atoms with Crippen molar-refractivity contribution in [2.45, 2.75) is 122 Å². The van der Waals surface area contributed by atoms with Crippen LogP contribution in [0.2, 0.25) is 0 Å². The maximum Gasteiger partial charge on any atom is 0.336 e. The van der Waals surface area contributed by atoms with Crippen molar-refractivity contribution in [2.75, 3.05) is 6.54 Å². The number of aliphatic carboxylic acids is 1. The van der Waals surface area contributed by atoms with Crippen LogP contribution in [0, 0.1) is 0 Å². The van der Waals surface area contributed by atoms with Gasteiger partial charge in [0.2, 0.25) is 47.3 Å². The van der Waals surface area contributed by atoms with Crippen LogP contribution in [0.1, 0.15) is 93.1 Å². The fourth-order valence-electron chi connectivity index (χ4n) is 8.30. The van der Waals surface area contributed by atoms with E-state index in [2.05, 4.69) is 52.5 Å². The van der Waals surface area contributed by atoms with E-state index in [1.807, 2.05) is 0 Å². The van der Waals surface area contributed by atoms with Crippen molar-refractivity contribution in [3.63, 3.8) is 0 Å². The van der Waals surface area contributed by atoms with Gasteiger partial charge in [0.1, 0.15) is 59.4 Å². The summed E-state index contributed by atoms with van der Waals surface area (Å²) in [4.78, 5) is 160. The Morgan fingerprint density at radius 1 is 0.679 bits per heavy atom. The van der Waals surface area contributed by atoms with E-state index in [1.165, 1.54) is 87.9 Å². The number of nitrogens with zero attached hydrogens (tertiary/aromatic N) is 1. The number of hydrogen-bond acceptors (Lipinski definition) is 16. The largest absolute Gasteiger partial charge is 0.508 e. The zero-order valence-electron chi connectivity index (χ0n) is 44.5. The minimum Gasteiger partial charge on any atom is -0.508 e. The van der Waals surface area contributed by atoms with Gasteiger partial charge in [-0.3, -0.25) is 52.7 Å². The number of imidazole rings is 1. The zero-order valence-corrected chi connectivity index (χ0v) is 44.5. The van der Waals surface area contributed by atoms with E-state index < -0.39 is 120 Å². The van der Waals surface area contributed by atoms with Gasteiger partial charge < -0.3 is 78.1 Å². The van der Waals surface area contributed by atoms with Crippen molar-refractivity contribution in [3.8, 4) is 28.2 Å². The number of hydrogen-bond donors (Lipinski definition) is 14. The Hall–Kier alpha value is -9.73. The summed E-state index contributed by atoms with van der Waals surface area (Å²) in [6, 6.07) is 2.44. The molecule has 2 aliphatic rings. The van der Waals surface area contributed by atoms with Gasteiger partial charge in [-0.2, -0.15) is 0 Å². The molecule has 2 heterocycles. The first-order valence-electron chi connectivity index (χ1n) is 25.4. The molecule has 0 radical (unpaired) electrons. The van der Waals surface area contributed by atoms with Gasteiger partial charge in [0.25, 0.3) is 5.91 Å². The van der Waals surface area contributed by atoms with Gasteiger partial charge in [-0.15, -0.1) is 0 Å². The number of carboxylic acids is 2. The molecule has 0 unspecified atom stereocenters. The normalized spacial score (nSPS) is 14.0. The number of aliphatic hydroxyl groups is 1. The fourth-order valence-corrected chi connectivity index (χ4v) is 8.30. The minimum absolute atomic E-state index is 0.0173. The van der Waals surface area contributed by atoms with E-state index >= 15 is 0 Å². The quantitative estimate of drug-likeness (QED) is 0.0212. The lowest BCUT2D eigenvalue weighted by Gasteiger charge is -2.27. The van der Waals surface area contributed by atoms with Crippen molar-refractivity contribution in [2.24, 2.45) is 5.73 Å². The summed E-state index contributed by atoms with van der Waals surface area (Å²) < 4.78 is 5.88. The maximum absolute atomic E-state index is 13.6. The van der Waals surface area contributed by atoms with Crippen LogP contribution in [0.3, 0.4) is 0 Å². The molecule has 0 saturated carbocycles. The van der Waals surface area contributed by atoms with Gasteiger partial charge in [0.15, 0.2) is 5.43 Å². The molecule has 1 aromatic heterocycles. The van der Waals surface area contributed by atoms with Gasteiger partial charge in [0, 0.05) is 72.4 Å². The molecule has 15 N–H and O–H groups in total. The van der Waals surface area contributed by atoms with Crippen LogP contribution in [-0.4, -0.2) is 150 Å². The van der Waals surface area contributed by atoms with Gasteiger partial charge in [-0.25, -0.2) is 9.78 Å². The third-order valence-corrected chi connectivity index (χ3v) is 12.6. The second-order valence-electron chi connectivity index (χ2n) is 19.0. The number of fused-ring (bicyclic) bond motifs is 2. The van der Waals surface area contributed by atoms with E-state index in [0.717, 1.165) is 13.8 Å². The van der Waals surface area contributed by atoms with Crippen LogP contribution in [0.15, 0.2) is 76.3 Å². The van der Waals surface area contributed by atoms with E-state index in [9.17, 15) is 72.9 Å². The second-order valence-corrected chi connectivity index (χ2v) is 19.0. The molecule has 1 aliphatic carbocycles. The second kappa shape index (κ2) is 28.2. The number of unbranched alkanes of at least 4 members (excludes halogenated alkanes) is 1. The molecule has 5 rings (SSSR count). The molecule has 0 bridgehead atoms. The molecule has 432 valence electrons. The minimum atomic E-state index is -1.72. The Bertz CT molecular complexity index is 3220. The van der Waals surface area contributed by atoms with Gasteiger partial charge in [-0.05, 0) is 101 Å². The molecule has 3 aromatic rings. The number of carbonyl (C=O) groups is 11. The van der Waals surface area contributed by atoms with Crippen LogP contribution in [0.4, 0.5) is 0 Å².